The van der Waals surface area contributed by atoms with E-state index < -0.39 is 35.7 Å². The normalized spacial score (nSPS) is 19.8. The summed E-state index contributed by atoms with van der Waals surface area (Å²) in [7, 11) is 0. The van der Waals surface area contributed by atoms with Crippen LogP contribution in [0.4, 0.5) is 22.0 Å². The molecule has 1 nitrogen and oxygen atoms in total. The van der Waals surface area contributed by atoms with Crippen LogP contribution in [0.1, 0.15) is 68.1 Å². The van der Waals surface area contributed by atoms with Crippen LogP contribution in [0.3, 0.4) is 0 Å². The first-order valence-electron chi connectivity index (χ1n) is 10.6. The van der Waals surface area contributed by atoms with E-state index in [1.165, 1.54) is 18.6 Å². The van der Waals surface area contributed by atoms with Crippen LogP contribution < -0.4 is 0 Å². The smallest absolute Gasteiger partial charge is 0.316 e. The van der Waals surface area contributed by atoms with E-state index in [0.29, 0.717) is 11.5 Å². The number of alkyl halides is 2. The highest BCUT2D eigenvalue weighted by atomic mass is 19.3. The summed E-state index contributed by atoms with van der Waals surface area (Å²) in [6.45, 7) is 1.71. The number of hydrogen-bond acceptors (Lipinski definition) is 1. The maximum atomic E-state index is 14.5. The van der Waals surface area contributed by atoms with Gasteiger partial charge in [0.05, 0.1) is 12.2 Å². The second kappa shape index (κ2) is 9.90. The molecule has 1 fully saturated rings. The molecular weight excluding hydrogens is 399 g/mol. The summed E-state index contributed by atoms with van der Waals surface area (Å²) in [4.78, 5) is 0. The van der Waals surface area contributed by atoms with Gasteiger partial charge in [0.15, 0.2) is 11.6 Å². The molecule has 0 radical (unpaired) electrons. The van der Waals surface area contributed by atoms with Crippen LogP contribution in [0.25, 0.3) is 0 Å². The molecule has 2 aromatic carbocycles. The van der Waals surface area contributed by atoms with Crippen molar-refractivity contribution in [1.82, 2.24) is 0 Å². The summed E-state index contributed by atoms with van der Waals surface area (Å²) < 4.78 is 74.0. The lowest BCUT2D eigenvalue weighted by molar-refractivity contribution is -0.249. The average Bonchev–Trinajstić information content (AvgIpc) is 2.71. The number of halogens is 5. The van der Waals surface area contributed by atoms with Gasteiger partial charge in [0, 0.05) is 0 Å². The van der Waals surface area contributed by atoms with Crippen molar-refractivity contribution in [3.8, 4) is 0 Å². The highest BCUT2D eigenvalue weighted by Crippen LogP contribution is 2.39. The average molecular weight is 426 g/mol. The van der Waals surface area contributed by atoms with E-state index in [0.717, 1.165) is 55.9 Å². The molecule has 0 unspecified atom stereocenters. The highest BCUT2D eigenvalue weighted by Gasteiger charge is 2.36. The molecule has 0 aliphatic heterocycles. The van der Waals surface area contributed by atoms with Gasteiger partial charge in [0.2, 0.25) is 0 Å². The van der Waals surface area contributed by atoms with Crippen LogP contribution >= 0.6 is 0 Å². The van der Waals surface area contributed by atoms with Gasteiger partial charge in [-0.05, 0) is 79.3 Å². The van der Waals surface area contributed by atoms with Gasteiger partial charge < -0.3 is 4.74 Å². The summed E-state index contributed by atoms with van der Waals surface area (Å²) in [6.07, 6.45) is 2.58. The van der Waals surface area contributed by atoms with Gasteiger partial charge in [0.25, 0.3) is 0 Å². The Morgan fingerprint density at radius 3 is 2.27 bits per heavy atom. The fourth-order valence-electron chi connectivity index (χ4n) is 4.28. The van der Waals surface area contributed by atoms with Crippen molar-refractivity contribution in [1.29, 1.82) is 0 Å². The van der Waals surface area contributed by atoms with Crippen LogP contribution in [0.15, 0.2) is 36.4 Å². The van der Waals surface area contributed by atoms with Crippen molar-refractivity contribution < 1.29 is 26.7 Å². The van der Waals surface area contributed by atoms with E-state index in [1.54, 1.807) is 6.07 Å². The zero-order chi connectivity index (χ0) is 21.7. The minimum absolute atomic E-state index is 0.0481. The Labute approximate surface area is 174 Å². The number of benzene rings is 2. The maximum Gasteiger partial charge on any atom is 0.386 e. The predicted molar refractivity (Wildman–Crippen MR) is 106 cm³/mol. The van der Waals surface area contributed by atoms with Crippen molar-refractivity contribution in [2.75, 3.05) is 6.61 Å². The van der Waals surface area contributed by atoms with Crippen molar-refractivity contribution >= 4 is 0 Å². The molecular formula is C24H27F5O. The van der Waals surface area contributed by atoms with E-state index in [1.807, 2.05) is 0 Å². The summed E-state index contributed by atoms with van der Waals surface area (Å²) in [5.41, 5.74) is 0.263. The minimum atomic E-state index is -3.81. The lowest BCUT2D eigenvalue weighted by Crippen LogP contribution is -2.22. The first kappa shape index (κ1) is 22.7. The molecule has 0 bridgehead atoms. The Kier molecular flexibility index (Phi) is 7.50. The second-order valence-electron chi connectivity index (χ2n) is 8.11. The van der Waals surface area contributed by atoms with Gasteiger partial charge >= 0.3 is 6.11 Å². The quantitative estimate of drug-likeness (QED) is 0.398. The van der Waals surface area contributed by atoms with Crippen molar-refractivity contribution in [3.05, 3.63) is 70.5 Å². The molecule has 0 atom stereocenters. The molecule has 3 rings (SSSR count). The zero-order valence-electron chi connectivity index (χ0n) is 17.1. The Hall–Kier alpha value is -1.95. The summed E-state index contributed by atoms with van der Waals surface area (Å²) in [5.74, 6) is -2.14. The number of rotatable bonds is 8. The van der Waals surface area contributed by atoms with E-state index in [9.17, 15) is 22.0 Å². The summed E-state index contributed by atoms with van der Waals surface area (Å²) >= 11 is 0. The molecule has 6 heteroatoms. The van der Waals surface area contributed by atoms with Gasteiger partial charge in [0.1, 0.15) is 5.82 Å². The molecule has 0 N–H and O–H groups in total. The Morgan fingerprint density at radius 2 is 1.63 bits per heavy atom. The van der Waals surface area contributed by atoms with E-state index in [-0.39, 0.29) is 12.3 Å². The predicted octanol–water partition coefficient (Wildman–Crippen LogP) is 7.49. The SMILES string of the molecule is CCCC1CCC(c2ccc(C(F)(F)OCCc3ccc(F)c(F)c3)c(F)c2)CC1. The minimum Gasteiger partial charge on any atom is -0.316 e. The highest BCUT2D eigenvalue weighted by molar-refractivity contribution is 5.29. The third kappa shape index (κ3) is 5.60. The van der Waals surface area contributed by atoms with Crippen molar-refractivity contribution in [2.24, 2.45) is 5.92 Å². The van der Waals surface area contributed by atoms with Crippen LogP contribution in [-0.4, -0.2) is 6.61 Å². The van der Waals surface area contributed by atoms with E-state index >= 15 is 0 Å². The molecule has 2 aromatic rings. The van der Waals surface area contributed by atoms with E-state index in [4.69, 9.17) is 0 Å². The Bertz CT molecular complexity index is 843. The fourth-order valence-corrected chi connectivity index (χ4v) is 4.28. The number of hydrogen-bond donors (Lipinski definition) is 0. The first-order valence-corrected chi connectivity index (χ1v) is 10.6. The molecule has 0 aromatic heterocycles. The van der Waals surface area contributed by atoms with Crippen molar-refractivity contribution in [3.63, 3.8) is 0 Å². The van der Waals surface area contributed by atoms with Gasteiger partial charge in [-0.1, -0.05) is 31.9 Å². The van der Waals surface area contributed by atoms with Crippen LogP contribution in [0, 0.1) is 23.4 Å². The molecule has 1 aliphatic rings. The third-order valence-electron chi connectivity index (χ3n) is 5.98. The van der Waals surface area contributed by atoms with E-state index in [2.05, 4.69) is 11.7 Å². The van der Waals surface area contributed by atoms with Gasteiger partial charge in [-0.3, -0.25) is 0 Å². The zero-order valence-corrected chi connectivity index (χ0v) is 17.1. The fraction of sp³-hybridized carbons (Fsp3) is 0.500. The summed E-state index contributed by atoms with van der Waals surface area (Å²) in [6, 6.07) is 7.02. The van der Waals surface area contributed by atoms with Gasteiger partial charge in [-0.15, -0.1) is 0 Å². The molecule has 1 aliphatic carbocycles. The second-order valence-corrected chi connectivity index (χ2v) is 8.11. The molecule has 164 valence electrons. The molecule has 0 saturated heterocycles. The molecule has 0 spiro atoms. The summed E-state index contributed by atoms with van der Waals surface area (Å²) in [5, 5.41) is 0. The van der Waals surface area contributed by atoms with Crippen LogP contribution in [0.2, 0.25) is 0 Å². The monoisotopic (exact) mass is 426 g/mol. The molecule has 0 heterocycles. The standard InChI is InChI=1S/C24H27F5O/c1-2-3-16-4-7-18(8-5-16)19-9-10-20(22(26)15-19)24(28,29)30-13-12-17-6-11-21(25)23(27)14-17/h6,9-11,14-16,18H,2-5,7-8,12-13H2,1H3. The Balaban J connectivity index is 1.59. The lowest BCUT2D eigenvalue weighted by Gasteiger charge is -2.29. The molecule has 30 heavy (non-hydrogen) atoms. The van der Waals surface area contributed by atoms with Crippen molar-refractivity contribution in [2.45, 2.75) is 63.9 Å². The van der Waals surface area contributed by atoms with Gasteiger partial charge in [-0.2, -0.15) is 8.78 Å². The van der Waals surface area contributed by atoms with Crippen LogP contribution in [-0.2, 0) is 17.3 Å². The van der Waals surface area contributed by atoms with Crippen LogP contribution in [0.5, 0.6) is 0 Å². The Morgan fingerprint density at radius 1 is 0.900 bits per heavy atom. The third-order valence-corrected chi connectivity index (χ3v) is 5.98. The van der Waals surface area contributed by atoms with Gasteiger partial charge in [-0.25, -0.2) is 13.2 Å². The molecule has 0 amide bonds. The molecule has 1 saturated carbocycles. The number of ether oxygens (including phenoxy) is 1. The lowest BCUT2D eigenvalue weighted by atomic mass is 9.77. The largest absolute Gasteiger partial charge is 0.386 e. The first-order chi connectivity index (χ1) is 14.3. The maximum absolute atomic E-state index is 14.5. The topological polar surface area (TPSA) is 9.23 Å².